The van der Waals surface area contributed by atoms with Crippen molar-refractivity contribution in [1.29, 1.82) is 0 Å². The molecule has 3 N–H and O–H groups in total. The van der Waals surface area contributed by atoms with Crippen LogP contribution in [0.1, 0.15) is 17.2 Å². The van der Waals surface area contributed by atoms with Crippen LogP contribution in [-0.4, -0.2) is 5.91 Å². The largest absolute Gasteiger partial charge is 0.368 e. The van der Waals surface area contributed by atoms with Crippen molar-refractivity contribution in [3.05, 3.63) is 71.8 Å². The lowest BCUT2D eigenvalue weighted by molar-refractivity contribution is -0.120. The summed E-state index contributed by atoms with van der Waals surface area (Å²) in [7, 11) is 0. The molecule has 3 heteroatoms. The minimum absolute atomic E-state index is 0.0291. The number of nitrogens with one attached hydrogen (secondary N) is 1. The number of hydrogen-bond donors (Lipinski definition) is 2. The summed E-state index contributed by atoms with van der Waals surface area (Å²) >= 11 is 0. The molecule has 18 heavy (non-hydrogen) atoms. The van der Waals surface area contributed by atoms with Crippen LogP contribution >= 0.6 is 0 Å². The summed E-state index contributed by atoms with van der Waals surface area (Å²) in [5, 5.41) is 3.24. The van der Waals surface area contributed by atoms with Crippen LogP contribution in [0.15, 0.2) is 60.7 Å². The highest BCUT2D eigenvalue weighted by Gasteiger charge is 2.60. The molecule has 2 aromatic rings. The molecule has 2 atom stereocenters. The minimum Gasteiger partial charge on any atom is -0.368 e. The fourth-order valence-electron chi connectivity index (χ4n) is 2.47. The van der Waals surface area contributed by atoms with Gasteiger partial charge in [0.2, 0.25) is 5.91 Å². The molecule has 1 amide bonds. The van der Waals surface area contributed by atoms with Crippen LogP contribution in [0.2, 0.25) is 0 Å². The predicted molar refractivity (Wildman–Crippen MR) is 69.6 cm³/mol. The first-order valence-corrected chi connectivity index (χ1v) is 5.93. The molecule has 3 nitrogen and oxygen atoms in total. The number of benzene rings is 2. The first-order chi connectivity index (χ1) is 8.75. The number of rotatable bonds is 3. The number of carbonyl (C=O) groups is 1. The van der Waals surface area contributed by atoms with Gasteiger partial charge in [0.25, 0.3) is 0 Å². The highest BCUT2D eigenvalue weighted by atomic mass is 16.2. The van der Waals surface area contributed by atoms with Gasteiger partial charge in [0.15, 0.2) is 0 Å². The molecule has 0 aromatic heterocycles. The molecule has 90 valence electrons. The van der Waals surface area contributed by atoms with Gasteiger partial charge in [0, 0.05) is 0 Å². The molecule has 2 unspecified atom stereocenters. The lowest BCUT2D eigenvalue weighted by Gasteiger charge is -2.11. The van der Waals surface area contributed by atoms with Crippen molar-refractivity contribution in [2.45, 2.75) is 11.6 Å². The van der Waals surface area contributed by atoms with Gasteiger partial charge in [0.1, 0.15) is 5.54 Å². The molecule has 0 bridgehead atoms. The Morgan fingerprint density at radius 3 is 2.11 bits per heavy atom. The van der Waals surface area contributed by atoms with E-state index in [0.29, 0.717) is 0 Å². The maximum atomic E-state index is 11.8. The Kier molecular flexibility index (Phi) is 2.42. The molecule has 0 spiro atoms. The normalized spacial score (nSPS) is 25.7. The van der Waals surface area contributed by atoms with Gasteiger partial charge in [0.05, 0.1) is 6.04 Å². The highest BCUT2D eigenvalue weighted by molar-refractivity contribution is 5.91. The van der Waals surface area contributed by atoms with Gasteiger partial charge < -0.3 is 5.73 Å². The van der Waals surface area contributed by atoms with E-state index in [2.05, 4.69) is 5.32 Å². The molecule has 1 aliphatic rings. The maximum absolute atomic E-state index is 11.8. The van der Waals surface area contributed by atoms with E-state index in [1.807, 2.05) is 60.7 Å². The second-order valence-electron chi connectivity index (χ2n) is 4.53. The van der Waals surface area contributed by atoms with E-state index in [1.54, 1.807) is 0 Å². The first-order valence-electron chi connectivity index (χ1n) is 5.93. The van der Waals surface area contributed by atoms with Crippen molar-refractivity contribution in [3.8, 4) is 0 Å². The molecule has 1 aliphatic heterocycles. The molecule has 1 saturated heterocycles. The minimum atomic E-state index is -0.747. The van der Waals surface area contributed by atoms with Crippen LogP contribution in [0.5, 0.6) is 0 Å². The molecule has 0 saturated carbocycles. The zero-order valence-electron chi connectivity index (χ0n) is 9.84. The molecule has 0 radical (unpaired) electrons. The van der Waals surface area contributed by atoms with Crippen molar-refractivity contribution in [2.75, 3.05) is 0 Å². The van der Waals surface area contributed by atoms with Gasteiger partial charge in [-0.15, -0.1) is 0 Å². The summed E-state index contributed by atoms with van der Waals surface area (Å²) < 4.78 is 0. The third-order valence-electron chi connectivity index (χ3n) is 3.47. The summed E-state index contributed by atoms with van der Waals surface area (Å²) in [5.74, 6) is -0.331. The Balaban J connectivity index is 2.01. The van der Waals surface area contributed by atoms with Crippen LogP contribution < -0.4 is 11.1 Å². The maximum Gasteiger partial charge on any atom is 0.244 e. The number of carbonyl (C=O) groups excluding carboxylic acids is 1. The summed E-state index contributed by atoms with van der Waals surface area (Å²) in [6.45, 7) is 0. The second kappa shape index (κ2) is 3.96. The average Bonchev–Trinajstić information content (AvgIpc) is 3.18. The van der Waals surface area contributed by atoms with E-state index >= 15 is 0 Å². The molecule has 0 aliphatic carbocycles. The Hall–Kier alpha value is -2.13. The van der Waals surface area contributed by atoms with Crippen molar-refractivity contribution >= 4 is 5.91 Å². The Bertz CT molecular complexity index is 568. The van der Waals surface area contributed by atoms with Gasteiger partial charge in [-0.3, -0.25) is 10.1 Å². The molecule has 2 aromatic carbocycles. The Morgan fingerprint density at radius 2 is 1.56 bits per heavy atom. The summed E-state index contributed by atoms with van der Waals surface area (Å²) in [4.78, 5) is 11.8. The van der Waals surface area contributed by atoms with E-state index < -0.39 is 5.54 Å². The molecule has 1 heterocycles. The molecule has 3 rings (SSSR count). The third-order valence-corrected chi connectivity index (χ3v) is 3.47. The van der Waals surface area contributed by atoms with Gasteiger partial charge >= 0.3 is 0 Å². The van der Waals surface area contributed by atoms with E-state index in [-0.39, 0.29) is 11.9 Å². The quantitative estimate of drug-likeness (QED) is 0.799. The number of primary amides is 1. The highest BCUT2D eigenvalue weighted by Crippen LogP contribution is 2.48. The zero-order valence-corrected chi connectivity index (χ0v) is 9.84. The fraction of sp³-hybridized carbons (Fsp3) is 0.133. The molecule has 1 fully saturated rings. The van der Waals surface area contributed by atoms with Gasteiger partial charge in [-0.2, -0.15) is 0 Å². The monoisotopic (exact) mass is 238 g/mol. The van der Waals surface area contributed by atoms with Crippen LogP contribution in [0.25, 0.3) is 0 Å². The summed E-state index contributed by atoms with van der Waals surface area (Å²) in [5.41, 5.74) is 6.85. The molecular weight excluding hydrogens is 224 g/mol. The number of hydrogen-bond acceptors (Lipinski definition) is 2. The number of nitrogens with two attached hydrogens (primary N) is 1. The van der Waals surface area contributed by atoms with Gasteiger partial charge in [-0.1, -0.05) is 60.7 Å². The van der Waals surface area contributed by atoms with E-state index in [0.717, 1.165) is 11.1 Å². The SMILES string of the molecule is NC(=O)C1(c2ccccc2)NC1c1ccccc1. The van der Waals surface area contributed by atoms with E-state index in [9.17, 15) is 4.79 Å². The standard InChI is InChI=1S/C15H14N2O/c16-14(18)15(12-9-5-2-6-10-12)13(17-15)11-7-3-1-4-8-11/h1-10,13,17H,(H2,16,18). The first kappa shape index (κ1) is 11.0. The van der Waals surface area contributed by atoms with E-state index in [1.165, 1.54) is 0 Å². The van der Waals surface area contributed by atoms with Crippen LogP contribution in [0.3, 0.4) is 0 Å². The lowest BCUT2D eigenvalue weighted by atomic mass is 9.91. The summed E-state index contributed by atoms with van der Waals surface area (Å²) in [6.07, 6.45) is 0. The summed E-state index contributed by atoms with van der Waals surface area (Å²) in [6, 6.07) is 19.5. The topological polar surface area (TPSA) is 65.0 Å². The Morgan fingerprint density at radius 1 is 1.00 bits per heavy atom. The predicted octanol–water partition coefficient (Wildman–Crippen LogP) is 1.71. The van der Waals surface area contributed by atoms with E-state index in [4.69, 9.17) is 5.73 Å². The van der Waals surface area contributed by atoms with Gasteiger partial charge in [-0.05, 0) is 11.1 Å². The van der Waals surface area contributed by atoms with Crippen LogP contribution in [0, 0.1) is 0 Å². The van der Waals surface area contributed by atoms with Crippen molar-refractivity contribution < 1.29 is 4.79 Å². The van der Waals surface area contributed by atoms with Crippen LogP contribution in [0.4, 0.5) is 0 Å². The van der Waals surface area contributed by atoms with Crippen LogP contribution in [-0.2, 0) is 10.3 Å². The van der Waals surface area contributed by atoms with Gasteiger partial charge in [-0.25, -0.2) is 0 Å². The molecular formula is C15H14N2O. The van der Waals surface area contributed by atoms with Crippen molar-refractivity contribution in [2.24, 2.45) is 5.73 Å². The Labute approximate surface area is 106 Å². The smallest absolute Gasteiger partial charge is 0.244 e. The van der Waals surface area contributed by atoms with Crippen molar-refractivity contribution in [3.63, 3.8) is 0 Å². The second-order valence-corrected chi connectivity index (χ2v) is 4.53. The van der Waals surface area contributed by atoms with Crippen molar-refractivity contribution in [1.82, 2.24) is 5.32 Å². The lowest BCUT2D eigenvalue weighted by Crippen LogP contribution is -2.32. The fourth-order valence-corrected chi connectivity index (χ4v) is 2.47. The average molecular weight is 238 g/mol. The third kappa shape index (κ3) is 1.52. The zero-order chi connectivity index (χ0) is 12.6. The number of amides is 1.